The van der Waals surface area contributed by atoms with Crippen molar-refractivity contribution in [3.05, 3.63) is 53.5 Å². The van der Waals surface area contributed by atoms with Crippen molar-refractivity contribution < 1.29 is 19.1 Å². The molecule has 21 heavy (non-hydrogen) atoms. The monoisotopic (exact) mass is 287 g/mol. The molecule has 0 aliphatic carbocycles. The normalized spacial score (nSPS) is 10.3. The first kappa shape index (κ1) is 14.8. The Kier molecular flexibility index (Phi) is 4.77. The lowest BCUT2D eigenvalue weighted by Gasteiger charge is -2.06. The summed E-state index contributed by atoms with van der Waals surface area (Å²) < 4.78 is 5.30. The van der Waals surface area contributed by atoms with Crippen LogP contribution in [0.1, 0.15) is 35.0 Å². The topological polar surface area (TPSA) is 79.5 Å². The summed E-state index contributed by atoms with van der Waals surface area (Å²) in [6.07, 6.45) is 3.02. The van der Waals surface area contributed by atoms with E-state index in [-0.39, 0.29) is 12.3 Å². The average molecular weight is 287 g/mol. The third kappa shape index (κ3) is 3.95. The Morgan fingerprint density at radius 1 is 1.29 bits per heavy atom. The van der Waals surface area contributed by atoms with Gasteiger partial charge >= 0.3 is 5.97 Å². The van der Waals surface area contributed by atoms with Crippen LogP contribution in [0.15, 0.2) is 41.0 Å². The van der Waals surface area contributed by atoms with Gasteiger partial charge in [-0.15, -0.1) is 0 Å². The standard InChI is InChI=1S/C16H17NO4/c1-2-4-14-13(7-8-21-14)16(20)17-12-6-3-5-11(9-12)10-15(18)19/h3,5-9H,2,4,10H2,1H3,(H,17,20)(H,18,19). The Labute approximate surface area is 122 Å². The minimum absolute atomic E-state index is 0.0729. The molecular weight excluding hydrogens is 270 g/mol. The number of nitrogens with one attached hydrogen (secondary N) is 1. The summed E-state index contributed by atoms with van der Waals surface area (Å²) in [5.74, 6) is -0.491. The number of anilines is 1. The van der Waals surface area contributed by atoms with Crippen molar-refractivity contribution in [3.63, 3.8) is 0 Å². The number of carboxylic acid groups (broad SMARTS) is 1. The molecule has 0 atom stereocenters. The molecule has 1 aromatic carbocycles. The number of aryl methyl sites for hydroxylation is 1. The predicted octanol–water partition coefficient (Wildman–Crippen LogP) is 3.11. The second-order valence-corrected chi connectivity index (χ2v) is 4.73. The minimum Gasteiger partial charge on any atom is -0.481 e. The molecule has 1 heterocycles. The van der Waals surface area contributed by atoms with E-state index in [0.29, 0.717) is 29.0 Å². The first-order valence-corrected chi connectivity index (χ1v) is 6.78. The molecule has 0 saturated carbocycles. The van der Waals surface area contributed by atoms with Gasteiger partial charge in [-0.25, -0.2) is 0 Å². The zero-order chi connectivity index (χ0) is 15.2. The molecule has 5 heteroatoms. The Morgan fingerprint density at radius 2 is 2.10 bits per heavy atom. The lowest BCUT2D eigenvalue weighted by molar-refractivity contribution is -0.136. The van der Waals surface area contributed by atoms with Crippen molar-refractivity contribution in [1.82, 2.24) is 0 Å². The first-order valence-electron chi connectivity index (χ1n) is 6.78. The van der Waals surface area contributed by atoms with Crippen molar-refractivity contribution in [2.24, 2.45) is 0 Å². The number of amides is 1. The van der Waals surface area contributed by atoms with Gasteiger partial charge < -0.3 is 14.8 Å². The van der Waals surface area contributed by atoms with Gasteiger partial charge in [-0.2, -0.15) is 0 Å². The molecule has 0 spiro atoms. The number of hydrogen-bond acceptors (Lipinski definition) is 3. The maximum absolute atomic E-state index is 12.2. The van der Waals surface area contributed by atoms with Crippen molar-refractivity contribution in [1.29, 1.82) is 0 Å². The maximum Gasteiger partial charge on any atom is 0.307 e. The number of hydrogen-bond donors (Lipinski definition) is 2. The minimum atomic E-state index is -0.904. The van der Waals surface area contributed by atoms with E-state index in [4.69, 9.17) is 9.52 Å². The van der Waals surface area contributed by atoms with Gasteiger partial charge in [0.1, 0.15) is 5.76 Å². The molecular formula is C16H17NO4. The highest BCUT2D eigenvalue weighted by atomic mass is 16.4. The number of carbonyl (C=O) groups is 2. The Balaban J connectivity index is 2.12. The van der Waals surface area contributed by atoms with Crippen molar-refractivity contribution in [3.8, 4) is 0 Å². The third-order valence-electron chi connectivity index (χ3n) is 3.01. The molecule has 2 N–H and O–H groups in total. The van der Waals surface area contributed by atoms with Gasteiger partial charge in [0.15, 0.2) is 0 Å². The van der Waals surface area contributed by atoms with Crippen LogP contribution in [0.25, 0.3) is 0 Å². The molecule has 0 radical (unpaired) electrons. The van der Waals surface area contributed by atoms with Crippen LogP contribution in [0, 0.1) is 0 Å². The summed E-state index contributed by atoms with van der Waals surface area (Å²) in [7, 11) is 0. The van der Waals surface area contributed by atoms with E-state index in [0.717, 1.165) is 6.42 Å². The van der Waals surface area contributed by atoms with Crippen molar-refractivity contribution in [2.75, 3.05) is 5.32 Å². The van der Waals surface area contributed by atoms with E-state index in [1.54, 1.807) is 30.3 Å². The van der Waals surface area contributed by atoms with E-state index < -0.39 is 5.97 Å². The molecule has 0 unspecified atom stereocenters. The summed E-state index contributed by atoms with van der Waals surface area (Å²) in [5.41, 5.74) is 1.73. The molecule has 0 saturated heterocycles. The zero-order valence-electron chi connectivity index (χ0n) is 11.8. The molecule has 2 aromatic rings. The fourth-order valence-corrected chi connectivity index (χ4v) is 2.10. The van der Waals surface area contributed by atoms with Crippen LogP contribution in [0.5, 0.6) is 0 Å². The molecule has 0 aliphatic rings. The Bertz CT molecular complexity index is 645. The summed E-state index contributed by atoms with van der Waals surface area (Å²) in [6.45, 7) is 2.01. The lowest BCUT2D eigenvalue weighted by Crippen LogP contribution is -2.13. The van der Waals surface area contributed by atoms with E-state index in [1.807, 2.05) is 6.92 Å². The highest BCUT2D eigenvalue weighted by Gasteiger charge is 2.14. The molecule has 0 bridgehead atoms. The van der Waals surface area contributed by atoms with Gasteiger partial charge in [-0.1, -0.05) is 19.1 Å². The fraction of sp³-hybridized carbons (Fsp3) is 0.250. The second kappa shape index (κ2) is 6.74. The summed E-state index contributed by atoms with van der Waals surface area (Å²) in [6, 6.07) is 8.45. The zero-order valence-corrected chi connectivity index (χ0v) is 11.8. The second-order valence-electron chi connectivity index (χ2n) is 4.73. The highest BCUT2D eigenvalue weighted by Crippen LogP contribution is 2.17. The Morgan fingerprint density at radius 3 is 2.81 bits per heavy atom. The van der Waals surface area contributed by atoms with Crippen molar-refractivity contribution in [2.45, 2.75) is 26.2 Å². The lowest BCUT2D eigenvalue weighted by atomic mass is 10.1. The van der Waals surface area contributed by atoms with Gasteiger partial charge in [0.2, 0.25) is 0 Å². The van der Waals surface area contributed by atoms with Gasteiger partial charge in [0, 0.05) is 12.1 Å². The summed E-state index contributed by atoms with van der Waals surface area (Å²) >= 11 is 0. The van der Waals surface area contributed by atoms with Crippen LogP contribution in [0.4, 0.5) is 5.69 Å². The first-order chi connectivity index (χ1) is 10.1. The van der Waals surface area contributed by atoms with E-state index in [2.05, 4.69) is 5.32 Å². The summed E-state index contributed by atoms with van der Waals surface area (Å²) in [5, 5.41) is 11.6. The van der Waals surface area contributed by atoms with E-state index >= 15 is 0 Å². The van der Waals surface area contributed by atoms with Gasteiger partial charge in [0.05, 0.1) is 18.2 Å². The molecule has 5 nitrogen and oxygen atoms in total. The van der Waals surface area contributed by atoms with Crippen LogP contribution >= 0.6 is 0 Å². The highest BCUT2D eigenvalue weighted by molar-refractivity contribution is 6.05. The van der Waals surface area contributed by atoms with Crippen LogP contribution < -0.4 is 5.32 Å². The SMILES string of the molecule is CCCc1occc1C(=O)Nc1cccc(CC(=O)O)c1. The average Bonchev–Trinajstić information content (AvgIpc) is 2.87. The smallest absolute Gasteiger partial charge is 0.307 e. The molecule has 1 amide bonds. The van der Waals surface area contributed by atoms with Crippen LogP contribution in [-0.2, 0) is 17.6 Å². The van der Waals surface area contributed by atoms with Gasteiger partial charge in [0.25, 0.3) is 5.91 Å². The molecule has 110 valence electrons. The largest absolute Gasteiger partial charge is 0.481 e. The van der Waals surface area contributed by atoms with Crippen LogP contribution in [-0.4, -0.2) is 17.0 Å². The van der Waals surface area contributed by atoms with Crippen LogP contribution in [0.2, 0.25) is 0 Å². The number of furan rings is 1. The number of benzene rings is 1. The molecule has 2 rings (SSSR count). The summed E-state index contributed by atoms with van der Waals surface area (Å²) in [4.78, 5) is 22.9. The number of carboxylic acids is 1. The number of rotatable bonds is 6. The van der Waals surface area contributed by atoms with E-state index in [9.17, 15) is 9.59 Å². The van der Waals surface area contributed by atoms with Crippen molar-refractivity contribution >= 4 is 17.6 Å². The Hall–Kier alpha value is -2.56. The predicted molar refractivity (Wildman–Crippen MR) is 78.4 cm³/mol. The molecule has 0 fully saturated rings. The maximum atomic E-state index is 12.2. The van der Waals surface area contributed by atoms with E-state index in [1.165, 1.54) is 6.26 Å². The molecule has 1 aromatic heterocycles. The number of carbonyl (C=O) groups excluding carboxylic acids is 1. The van der Waals surface area contributed by atoms with Crippen LogP contribution in [0.3, 0.4) is 0 Å². The number of aliphatic carboxylic acids is 1. The van der Waals surface area contributed by atoms with Gasteiger partial charge in [-0.3, -0.25) is 9.59 Å². The molecule has 0 aliphatic heterocycles. The van der Waals surface area contributed by atoms with Gasteiger partial charge in [-0.05, 0) is 30.2 Å². The fourth-order valence-electron chi connectivity index (χ4n) is 2.10. The third-order valence-corrected chi connectivity index (χ3v) is 3.01. The quantitative estimate of drug-likeness (QED) is 0.855.